The highest BCUT2D eigenvalue weighted by Gasteiger charge is 2.60. The van der Waals surface area contributed by atoms with Gasteiger partial charge in [-0.05, 0) is 92.3 Å². The zero-order valence-corrected chi connectivity index (χ0v) is 15.7. The van der Waals surface area contributed by atoms with E-state index in [4.69, 9.17) is 10.5 Å². The maximum Gasteiger partial charge on any atom is 0.0596 e. The Morgan fingerprint density at radius 2 is 1.71 bits per heavy atom. The largest absolute Gasteiger partial charge is 0.393 e. The minimum Gasteiger partial charge on any atom is -0.393 e. The van der Waals surface area contributed by atoms with Gasteiger partial charge in [0.1, 0.15) is 0 Å². The van der Waals surface area contributed by atoms with Crippen LogP contribution in [0.15, 0.2) is 0 Å². The Morgan fingerprint density at radius 1 is 0.958 bits per heavy atom. The average molecular weight is 336 g/mol. The summed E-state index contributed by atoms with van der Waals surface area (Å²) >= 11 is 0. The first-order chi connectivity index (χ1) is 11.5. The lowest BCUT2D eigenvalue weighted by molar-refractivity contribution is -0.140. The smallest absolute Gasteiger partial charge is 0.0596 e. The molecule has 0 spiro atoms. The number of fused-ring (bicyclic) bond motifs is 5. The van der Waals surface area contributed by atoms with Gasteiger partial charge in [0.05, 0.1) is 18.8 Å². The van der Waals surface area contributed by atoms with Crippen LogP contribution in [0.5, 0.6) is 0 Å². The summed E-state index contributed by atoms with van der Waals surface area (Å²) in [6.07, 6.45) is 11.9. The first kappa shape index (κ1) is 17.3. The lowest BCUT2D eigenvalue weighted by atomic mass is 9.45. The first-order valence-corrected chi connectivity index (χ1v) is 10.5. The summed E-state index contributed by atoms with van der Waals surface area (Å²) in [5, 5.41) is 10.6. The molecule has 0 radical (unpaired) electrons. The van der Waals surface area contributed by atoms with E-state index in [1.165, 1.54) is 51.4 Å². The van der Waals surface area contributed by atoms with Crippen molar-refractivity contribution in [2.45, 2.75) is 83.8 Å². The Balaban J connectivity index is 1.50. The second-order valence-electron chi connectivity index (χ2n) is 9.85. The van der Waals surface area contributed by atoms with Crippen LogP contribution in [-0.2, 0) is 4.74 Å². The molecule has 3 nitrogen and oxygen atoms in total. The van der Waals surface area contributed by atoms with Crippen molar-refractivity contribution >= 4 is 0 Å². The molecule has 4 saturated carbocycles. The Hall–Kier alpha value is -0.120. The molecule has 0 amide bonds. The summed E-state index contributed by atoms with van der Waals surface area (Å²) in [4.78, 5) is 0. The van der Waals surface area contributed by atoms with Crippen molar-refractivity contribution in [3.05, 3.63) is 0 Å². The minimum atomic E-state index is -0.0469. The van der Waals surface area contributed by atoms with Crippen LogP contribution in [0.1, 0.15) is 71.6 Å². The van der Waals surface area contributed by atoms with Gasteiger partial charge in [-0.25, -0.2) is 0 Å². The topological polar surface area (TPSA) is 55.5 Å². The lowest BCUT2D eigenvalue weighted by Crippen LogP contribution is -2.54. The van der Waals surface area contributed by atoms with Crippen LogP contribution >= 0.6 is 0 Å². The molecule has 4 aliphatic carbocycles. The summed E-state index contributed by atoms with van der Waals surface area (Å²) in [5.41, 5.74) is 6.35. The molecule has 138 valence electrons. The van der Waals surface area contributed by atoms with Gasteiger partial charge in [-0.2, -0.15) is 0 Å². The summed E-state index contributed by atoms with van der Waals surface area (Å²) < 4.78 is 6.00. The number of nitrogens with two attached hydrogens (primary N) is 1. The van der Waals surface area contributed by atoms with Crippen LogP contribution in [-0.4, -0.2) is 30.5 Å². The minimum absolute atomic E-state index is 0.0469. The van der Waals surface area contributed by atoms with Crippen molar-refractivity contribution in [3.8, 4) is 0 Å². The fraction of sp³-hybridized carbons (Fsp3) is 1.00. The van der Waals surface area contributed by atoms with E-state index in [0.29, 0.717) is 18.1 Å². The predicted octanol–water partition coefficient (Wildman–Crippen LogP) is 3.73. The third-order valence-corrected chi connectivity index (χ3v) is 9.04. The molecule has 0 saturated heterocycles. The number of aliphatic hydroxyl groups is 1. The van der Waals surface area contributed by atoms with E-state index in [0.717, 1.165) is 36.7 Å². The van der Waals surface area contributed by atoms with E-state index < -0.39 is 0 Å². The van der Waals surface area contributed by atoms with Crippen LogP contribution in [0.4, 0.5) is 0 Å². The van der Waals surface area contributed by atoms with Crippen molar-refractivity contribution in [1.29, 1.82) is 0 Å². The highest BCUT2D eigenvalue weighted by atomic mass is 16.5. The Kier molecular flexibility index (Phi) is 4.50. The standard InChI is InChI=1S/C21H37NO2/c1-20-9-7-15(24-12-11-22)13-14(20)3-4-16-17-5-6-19(23)21(17,2)10-8-18(16)20/h14-19,23H,3-13,22H2,1-2H3/t14?,15?,16-,17-,18+,19?,20-,21-/m0/s1. The molecule has 0 aromatic heterocycles. The molecular formula is C21H37NO2. The van der Waals surface area contributed by atoms with Gasteiger partial charge in [0.25, 0.3) is 0 Å². The highest BCUT2D eigenvalue weighted by Crippen LogP contribution is 2.66. The van der Waals surface area contributed by atoms with Crippen molar-refractivity contribution in [2.24, 2.45) is 40.2 Å². The predicted molar refractivity (Wildman–Crippen MR) is 96.5 cm³/mol. The molecule has 8 atom stereocenters. The van der Waals surface area contributed by atoms with Crippen LogP contribution in [0.3, 0.4) is 0 Å². The molecule has 0 aromatic rings. The number of aliphatic hydroxyl groups excluding tert-OH is 1. The number of hydrogen-bond acceptors (Lipinski definition) is 3. The van der Waals surface area contributed by atoms with E-state index in [1.807, 2.05) is 0 Å². The molecule has 3 N–H and O–H groups in total. The maximum absolute atomic E-state index is 10.6. The summed E-state index contributed by atoms with van der Waals surface area (Å²) in [5.74, 6) is 3.36. The maximum atomic E-state index is 10.6. The normalized spacial score (nSPS) is 54.0. The lowest BCUT2D eigenvalue weighted by Gasteiger charge is -2.60. The van der Waals surface area contributed by atoms with Crippen molar-refractivity contribution in [2.75, 3.05) is 13.2 Å². The van der Waals surface area contributed by atoms with Crippen molar-refractivity contribution in [3.63, 3.8) is 0 Å². The highest BCUT2D eigenvalue weighted by molar-refractivity contribution is 5.09. The van der Waals surface area contributed by atoms with Crippen molar-refractivity contribution in [1.82, 2.24) is 0 Å². The molecule has 0 heterocycles. The molecular weight excluding hydrogens is 298 g/mol. The molecule has 0 aromatic carbocycles. The van der Waals surface area contributed by atoms with Crippen molar-refractivity contribution < 1.29 is 9.84 Å². The van der Waals surface area contributed by atoms with Gasteiger partial charge in [0, 0.05) is 6.54 Å². The monoisotopic (exact) mass is 335 g/mol. The molecule has 3 unspecified atom stereocenters. The third-order valence-electron chi connectivity index (χ3n) is 9.04. The number of hydrogen-bond donors (Lipinski definition) is 2. The fourth-order valence-electron chi connectivity index (χ4n) is 7.58. The van der Waals surface area contributed by atoms with Gasteiger partial charge < -0.3 is 15.6 Å². The zero-order valence-electron chi connectivity index (χ0n) is 15.7. The summed E-state index contributed by atoms with van der Waals surface area (Å²) in [7, 11) is 0. The second-order valence-corrected chi connectivity index (χ2v) is 9.85. The SMILES string of the molecule is C[C@]12CCC(OCCN)CC1CC[C@@H]1[C@H]2CC[C@]2(C)C(O)CC[C@@H]12. The first-order valence-electron chi connectivity index (χ1n) is 10.5. The Morgan fingerprint density at radius 3 is 2.50 bits per heavy atom. The van der Waals surface area contributed by atoms with Gasteiger partial charge in [-0.15, -0.1) is 0 Å². The third kappa shape index (κ3) is 2.49. The Labute approximate surface area is 147 Å². The van der Waals surface area contributed by atoms with E-state index in [2.05, 4.69) is 13.8 Å². The fourth-order valence-corrected chi connectivity index (χ4v) is 7.58. The quantitative estimate of drug-likeness (QED) is 0.826. The van der Waals surface area contributed by atoms with Gasteiger partial charge in [0.15, 0.2) is 0 Å². The van der Waals surface area contributed by atoms with E-state index in [9.17, 15) is 5.11 Å². The molecule has 4 aliphatic rings. The zero-order chi connectivity index (χ0) is 16.9. The summed E-state index contributed by atoms with van der Waals surface area (Å²) in [6.45, 7) is 6.35. The molecule has 0 bridgehead atoms. The van der Waals surface area contributed by atoms with Gasteiger partial charge in [-0.1, -0.05) is 13.8 Å². The van der Waals surface area contributed by atoms with Gasteiger partial charge >= 0.3 is 0 Å². The van der Waals surface area contributed by atoms with Gasteiger partial charge in [-0.3, -0.25) is 0 Å². The van der Waals surface area contributed by atoms with E-state index >= 15 is 0 Å². The summed E-state index contributed by atoms with van der Waals surface area (Å²) in [6, 6.07) is 0. The molecule has 4 rings (SSSR count). The molecule has 0 aliphatic heterocycles. The second kappa shape index (κ2) is 6.25. The number of ether oxygens (including phenoxy) is 1. The molecule has 3 heteroatoms. The average Bonchev–Trinajstić information content (AvgIpc) is 2.88. The molecule has 24 heavy (non-hydrogen) atoms. The van der Waals surface area contributed by atoms with E-state index in [1.54, 1.807) is 0 Å². The number of rotatable bonds is 3. The van der Waals surface area contributed by atoms with Crippen LogP contribution in [0.2, 0.25) is 0 Å². The van der Waals surface area contributed by atoms with Crippen LogP contribution in [0, 0.1) is 34.5 Å². The molecule has 4 fully saturated rings. The van der Waals surface area contributed by atoms with Crippen LogP contribution < -0.4 is 5.73 Å². The van der Waals surface area contributed by atoms with Gasteiger partial charge in [0.2, 0.25) is 0 Å². The van der Waals surface area contributed by atoms with E-state index in [-0.39, 0.29) is 11.5 Å². The Bertz CT molecular complexity index is 469. The van der Waals surface area contributed by atoms with Crippen LogP contribution in [0.25, 0.3) is 0 Å².